The molecular weight excluding hydrogens is 1570 g/mol. The van der Waals surface area contributed by atoms with Crippen molar-refractivity contribution in [1.82, 2.24) is 45.5 Å². The molecule has 5 rings (SSSR count). The van der Waals surface area contributed by atoms with Crippen molar-refractivity contribution < 1.29 is 236 Å². The molecule has 0 atom stereocenters. The normalized spacial score (nSPS) is 14.0. The largest absolute Gasteiger partial charge is 1.00 e. The van der Waals surface area contributed by atoms with Crippen molar-refractivity contribution in [2.75, 3.05) is 0 Å². The Bertz CT molecular complexity index is 2590. The first-order chi connectivity index (χ1) is 38.9. The Kier molecular flexibility index (Phi) is 28.4. The molecule has 0 bridgehead atoms. The van der Waals surface area contributed by atoms with E-state index < -0.39 is 143 Å². The van der Waals surface area contributed by atoms with E-state index in [4.69, 9.17) is 0 Å². The molecule has 0 N–H and O–H groups in total. The number of hydrogen-bond acceptors (Lipinski definition) is 6. The van der Waals surface area contributed by atoms with Gasteiger partial charge in [0, 0.05) is 17.5 Å². The molecular formula is C38H16Cu3F42N9. The molecule has 0 spiro atoms. The van der Waals surface area contributed by atoms with Crippen molar-refractivity contribution in [3.8, 4) is 0 Å². The molecule has 5 aromatic rings. The van der Waals surface area contributed by atoms with Crippen molar-refractivity contribution in [1.29, 1.82) is 0 Å². The molecule has 0 fully saturated rings. The summed E-state index contributed by atoms with van der Waals surface area (Å²) in [6, 6.07) is 20.5. The Hall–Kier alpha value is -5.52. The molecule has 3 heterocycles. The van der Waals surface area contributed by atoms with Crippen LogP contribution in [-0.4, -0.2) is 103 Å². The van der Waals surface area contributed by atoms with Gasteiger partial charge in [-0.1, -0.05) is 71.8 Å². The van der Waals surface area contributed by atoms with Crippen LogP contribution in [0.25, 0.3) is 0 Å². The van der Waals surface area contributed by atoms with Crippen LogP contribution >= 0.6 is 0 Å². The van der Waals surface area contributed by atoms with Crippen LogP contribution in [0.5, 0.6) is 0 Å². The van der Waals surface area contributed by atoms with Gasteiger partial charge in [0.05, 0.1) is 0 Å². The summed E-state index contributed by atoms with van der Waals surface area (Å²) >= 11 is 0. The van der Waals surface area contributed by atoms with Crippen LogP contribution in [-0.2, 0) is 86.7 Å². The van der Waals surface area contributed by atoms with Crippen molar-refractivity contribution in [3.63, 3.8) is 0 Å². The van der Waals surface area contributed by atoms with Gasteiger partial charge < -0.3 is 30.2 Å². The summed E-state index contributed by atoms with van der Waals surface area (Å²) in [5.74, 6) is -99.4. The molecule has 0 aliphatic carbocycles. The molecule has 0 aliphatic rings. The minimum Gasteiger partial charge on any atom is -0.416 e. The van der Waals surface area contributed by atoms with Crippen molar-refractivity contribution >= 4 is 0 Å². The van der Waals surface area contributed by atoms with Gasteiger partial charge in [0.25, 0.3) is 0 Å². The number of aryl methyl sites for hydroxylation is 2. The standard InChI is InChI=1S/3C8F14N3.2C7H8.3Cu/c3*9-3(10,5(13,14)7(17,18)19)1-23-2(25-24-1)4(11,12)6(15,16)8(20,21)22;2*1-7-5-3-2-4-6-7;;;/h;;;2*2-6H,1H3;;;/q3*-1;;;3*+1. The van der Waals surface area contributed by atoms with E-state index in [0.29, 0.717) is 0 Å². The Morgan fingerprint density at radius 2 is 0.370 bits per heavy atom. The first kappa shape index (κ1) is 90.7. The molecule has 540 valence electrons. The minimum atomic E-state index is -6.96. The van der Waals surface area contributed by atoms with E-state index in [9.17, 15) is 184 Å². The zero-order valence-electron chi connectivity index (χ0n) is 41.6. The smallest absolute Gasteiger partial charge is 0.416 e. The Morgan fingerprint density at radius 1 is 0.228 bits per heavy atom. The van der Waals surface area contributed by atoms with Crippen LogP contribution in [0.15, 0.2) is 60.7 Å². The van der Waals surface area contributed by atoms with Gasteiger partial charge in [0.2, 0.25) is 0 Å². The maximum Gasteiger partial charge on any atom is 1.00 e. The topological polar surface area (TPSA) is 120 Å². The summed E-state index contributed by atoms with van der Waals surface area (Å²) in [6.45, 7) is 4.17. The summed E-state index contributed by atoms with van der Waals surface area (Å²) in [7, 11) is 0. The van der Waals surface area contributed by atoms with Crippen LogP contribution in [0, 0.1) is 13.8 Å². The molecule has 54 heteroatoms. The van der Waals surface area contributed by atoms with Crippen molar-refractivity contribution in [2.24, 2.45) is 0 Å². The molecule has 0 radical (unpaired) electrons. The van der Waals surface area contributed by atoms with E-state index in [2.05, 4.69) is 38.1 Å². The predicted octanol–water partition coefficient (Wildman–Crippen LogP) is 16.0. The predicted molar refractivity (Wildman–Crippen MR) is 198 cm³/mol. The molecule has 9 nitrogen and oxygen atoms in total. The number of halogens is 42. The molecule has 92 heavy (non-hydrogen) atoms. The fourth-order valence-electron chi connectivity index (χ4n) is 4.50. The van der Waals surface area contributed by atoms with Crippen LogP contribution in [0.4, 0.5) is 184 Å². The third-order valence-electron chi connectivity index (χ3n) is 9.42. The van der Waals surface area contributed by atoms with Gasteiger partial charge in [-0.25, -0.2) is 0 Å². The fraction of sp³-hybridized carbons (Fsp3) is 0.526. The fourth-order valence-corrected chi connectivity index (χ4v) is 4.50. The van der Waals surface area contributed by atoms with Crippen LogP contribution in [0.1, 0.15) is 46.1 Å². The van der Waals surface area contributed by atoms with E-state index in [1.54, 1.807) is 30.6 Å². The summed E-state index contributed by atoms with van der Waals surface area (Å²) < 4.78 is 522. The van der Waals surface area contributed by atoms with Gasteiger partial charge in [0.15, 0.2) is 0 Å². The molecule has 0 saturated carbocycles. The molecule has 0 saturated heterocycles. The zero-order chi connectivity index (χ0) is 71.1. The van der Waals surface area contributed by atoms with Crippen LogP contribution in [0.2, 0.25) is 0 Å². The second-order valence-corrected chi connectivity index (χ2v) is 16.1. The van der Waals surface area contributed by atoms with Gasteiger partial charge in [0.1, 0.15) is 17.5 Å². The van der Waals surface area contributed by atoms with E-state index in [1.165, 1.54) is 26.1 Å². The number of hydrogen-bond donors (Lipinski definition) is 0. The quantitative estimate of drug-likeness (QED) is 0.0888. The van der Waals surface area contributed by atoms with E-state index >= 15 is 0 Å². The van der Waals surface area contributed by atoms with Gasteiger partial charge in [-0.15, -0.1) is 0 Å². The third kappa shape index (κ3) is 17.9. The van der Waals surface area contributed by atoms with Crippen LogP contribution < -0.4 is 15.3 Å². The SMILES string of the molecule is Cc1ccccc1.Cc1ccccc1.FC(F)(F)C(F)(F)C(F)(F)c1n[n-]c(C(F)(F)C(F)(F)C(F)(F)F)n1.FC(F)(F)C(F)(F)C(F)(F)c1n[n-]c(C(F)(F)C(F)(F)C(F)(F)F)n1.FC(F)(F)C(F)(F)C(F)(F)c1n[n-]c(C(F)(F)C(F)(F)C(F)(F)F)n1.[Cu+].[Cu+].[Cu+]. The molecule has 0 unspecified atom stereocenters. The average Bonchev–Trinajstić information content (AvgIpc) is 2.48. The van der Waals surface area contributed by atoms with E-state index in [0.717, 1.165) is 0 Å². The Morgan fingerprint density at radius 3 is 0.489 bits per heavy atom. The number of benzene rings is 2. The number of rotatable bonds is 12. The van der Waals surface area contributed by atoms with Gasteiger partial charge in [-0.3, -0.25) is 15.3 Å². The average molecular weight is 1590 g/mol. The number of alkyl halides is 42. The molecule has 3 aromatic heterocycles. The third-order valence-corrected chi connectivity index (χ3v) is 9.42. The summed E-state index contributed by atoms with van der Waals surface area (Å²) in [5.41, 5.74) is 2.64. The number of aromatic nitrogens is 9. The van der Waals surface area contributed by atoms with Crippen LogP contribution in [0.3, 0.4) is 0 Å². The van der Waals surface area contributed by atoms with E-state index in [-0.39, 0.29) is 51.2 Å². The molecule has 0 aliphatic heterocycles. The number of nitrogens with zero attached hydrogens (tertiary/aromatic N) is 9. The Balaban J connectivity index is -0.00000114. The summed E-state index contributed by atoms with van der Waals surface area (Å²) in [5, 5.41) is 9.95. The van der Waals surface area contributed by atoms with Gasteiger partial charge >= 0.3 is 159 Å². The summed E-state index contributed by atoms with van der Waals surface area (Å²) in [6.07, 6.45) is -41.8. The molecule has 2 aromatic carbocycles. The minimum absolute atomic E-state index is 0. The maximum absolute atomic E-state index is 13.1. The van der Waals surface area contributed by atoms with Crippen molar-refractivity contribution in [3.05, 3.63) is 107 Å². The second-order valence-electron chi connectivity index (χ2n) is 16.1. The van der Waals surface area contributed by atoms with Gasteiger partial charge in [-0.05, 0) is 13.8 Å². The van der Waals surface area contributed by atoms with Crippen molar-refractivity contribution in [2.45, 2.75) is 122 Å². The van der Waals surface area contributed by atoms with Gasteiger partial charge in [-0.2, -0.15) is 184 Å². The molecule has 0 amide bonds. The maximum atomic E-state index is 13.1. The second kappa shape index (κ2) is 28.8. The monoisotopic (exact) mass is 1580 g/mol. The van der Waals surface area contributed by atoms with E-state index in [1.807, 2.05) is 36.4 Å². The Labute approximate surface area is 509 Å². The zero-order valence-corrected chi connectivity index (χ0v) is 44.4. The first-order valence-corrected chi connectivity index (χ1v) is 20.5. The summed E-state index contributed by atoms with van der Waals surface area (Å²) in [4.78, 5) is 4.59. The first-order valence-electron chi connectivity index (χ1n) is 20.5.